The van der Waals surface area contributed by atoms with Gasteiger partial charge in [-0.3, -0.25) is 0 Å². The molecule has 23 heavy (non-hydrogen) atoms. The zero-order valence-corrected chi connectivity index (χ0v) is 12.8. The van der Waals surface area contributed by atoms with Crippen molar-refractivity contribution in [2.75, 3.05) is 0 Å². The zero-order valence-electron chi connectivity index (χ0n) is 12.8. The van der Waals surface area contributed by atoms with Crippen molar-refractivity contribution in [3.05, 3.63) is 24.3 Å². The molecule has 3 heterocycles. The summed E-state index contributed by atoms with van der Waals surface area (Å²) in [7, 11) is 0. The third-order valence-electron chi connectivity index (χ3n) is 5.02. The molecule has 1 N–H and O–H groups in total. The smallest absolute Gasteiger partial charge is 0.238 e. The summed E-state index contributed by atoms with van der Waals surface area (Å²) in [5, 5.41) is 9.61. The van der Waals surface area contributed by atoms with E-state index in [9.17, 15) is 8.78 Å². The highest BCUT2D eigenvalue weighted by molar-refractivity contribution is 5.92. The summed E-state index contributed by atoms with van der Waals surface area (Å²) in [4.78, 5) is 7.43. The number of fused-ring (bicyclic) bond motifs is 3. The van der Waals surface area contributed by atoms with E-state index in [1.165, 1.54) is 0 Å². The fraction of sp³-hybridized carbons (Fsp3) is 0.562. The van der Waals surface area contributed by atoms with Gasteiger partial charge in [0.25, 0.3) is 0 Å². The zero-order chi connectivity index (χ0) is 15.8. The van der Waals surface area contributed by atoms with E-state index in [2.05, 4.69) is 20.3 Å². The lowest BCUT2D eigenvalue weighted by Crippen LogP contribution is -2.14. The standard InChI is InChI=1S/C16H19F2N5/c17-13(18)6-3-10-1-4-11(5-2-10)14-15-12-7-8-19-16(12)20-9-23(15)22-21-14/h7-11,13,19H,1-6H2. The van der Waals surface area contributed by atoms with E-state index in [0.29, 0.717) is 18.3 Å². The molecule has 1 fully saturated rings. The summed E-state index contributed by atoms with van der Waals surface area (Å²) in [5.41, 5.74) is 2.88. The number of nitrogens with zero attached hydrogens (tertiary/aromatic N) is 4. The Kier molecular flexibility index (Phi) is 3.71. The molecule has 0 bridgehead atoms. The van der Waals surface area contributed by atoms with Gasteiger partial charge in [-0.15, -0.1) is 5.10 Å². The predicted molar refractivity (Wildman–Crippen MR) is 82.6 cm³/mol. The van der Waals surface area contributed by atoms with Crippen LogP contribution in [0.3, 0.4) is 0 Å². The predicted octanol–water partition coefficient (Wildman–Crippen LogP) is 3.92. The highest BCUT2D eigenvalue weighted by Gasteiger charge is 2.27. The Morgan fingerprint density at radius 1 is 1.26 bits per heavy atom. The van der Waals surface area contributed by atoms with Crippen LogP contribution in [-0.4, -0.2) is 31.2 Å². The van der Waals surface area contributed by atoms with Crippen LogP contribution < -0.4 is 0 Å². The van der Waals surface area contributed by atoms with E-state index >= 15 is 0 Å². The van der Waals surface area contributed by atoms with Gasteiger partial charge in [-0.25, -0.2) is 18.3 Å². The van der Waals surface area contributed by atoms with Crippen molar-refractivity contribution >= 4 is 16.6 Å². The molecule has 1 aliphatic carbocycles. The van der Waals surface area contributed by atoms with Gasteiger partial charge in [0.2, 0.25) is 6.43 Å². The molecular weight excluding hydrogens is 300 g/mol. The van der Waals surface area contributed by atoms with Crippen LogP contribution in [0.5, 0.6) is 0 Å². The number of halogens is 2. The third-order valence-corrected chi connectivity index (χ3v) is 5.02. The first-order valence-corrected chi connectivity index (χ1v) is 8.17. The highest BCUT2D eigenvalue weighted by atomic mass is 19.3. The largest absolute Gasteiger partial charge is 0.346 e. The highest BCUT2D eigenvalue weighted by Crippen LogP contribution is 2.39. The van der Waals surface area contributed by atoms with Crippen molar-refractivity contribution in [3.8, 4) is 0 Å². The van der Waals surface area contributed by atoms with Gasteiger partial charge < -0.3 is 4.98 Å². The molecule has 7 heteroatoms. The molecular formula is C16H19F2N5. The molecule has 0 aromatic carbocycles. The second-order valence-corrected chi connectivity index (χ2v) is 6.44. The van der Waals surface area contributed by atoms with E-state index in [0.717, 1.165) is 47.9 Å². The first kappa shape index (κ1) is 14.5. The van der Waals surface area contributed by atoms with Gasteiger partial charge in [0.1, 0.15) is 17.5 Å². The Labute approximate surface area is 132 Å². The number of nitrogens with one attached hydrogen (secondary N) is 1. The van der Waals surface area contributed by atoms with Crippen LogP contribution in [0.2, 0.25) is 0 Å². The minimum Gasteiger partial charge on any atom is -0.346 e. The van der Waals surface area contributed by atoms with Gasteiger partial charge in [0, 0.05) is 23.9 Å². The molecule has 0 radical (unpaired) electrons. The van der Waals surface area contributed by atoms with Gasteiger partial charge in [-0.05, 0) is 44.1 Å². The fourth-order valence-electron chi connectivity index (χ4n) is 3.78. The average Bonchev–Trinajstić information content (AvgIpc) is 3.19. The van der Waals surface area contributed by atoms with Crippen LogP contribution in [0.15, 0.2) is 18.6 Å². The first-order chi connectivity index (χ1) is 11.2. The van der Waals surface area contributed by atoms with Crippen LogP contribution in [-0.2, 0) is 0 Å². The van der Waals surface area contributed by atoms with Gasteiger partial charge in [0.05, 0.1) is 5.69 Å². The summed E-state index contributed by atoms with van der Waals surface area (Å²) in [6.45, 7) is 0. The quantitative estimate of drug-likeness (QED) is 0.793. The van der Waals surface area contributed by atoms with Crippen molar-refractivity contribution in [2.45, 2.75) is 50.9 Å². The third kappa shape index (κ3) is 2.68. The van der Waals surface area contributed by atoms with Gasteiger partial charge >= 0.3 is 0 Å². The average molecular weight is 319 g/mol. The maximum absolute atomic E-state index is 12.4. The van der Waals surface area contributed by atoms with E-state index in [-0.39, 0.29) is 6.42 Å². The van der Waals surface area contributed by atoms with Gasteiger partial charge in [-0.2, -0.15) is 0 Å². The number of aromatic nitrogens is 5. The maximum Gasteiger partial charge on any atom is 0.238 e. The lowest BCUT2D eigenvalue weighted by atomic mass is 9.78. The summed E-state index contributed by atoms with van der Waals surface area (Å²) >= 11 is 0. The minimum atomic E-state index is -2.18. The van der Waals surface area contributed by atoms with E-state index in [4.69, 9.17) is 0 Å². The topological polar surface area (TPSA) is 58.9 Å². The second-order valence-electron chi connectivity index (χ2n) is 6.44. The van der Waals surface area contributed by atoms with Crippen LogP contribution in [0.25, 0.3) is 16.6 Å². The van der Waals surface area contributed by atoms with Crippen LogP contribution in [0, 0.1) is 5.92 Å². The Hall–Kier alpha value is -2.05. The Bertz CT molecular complexity index is 801. The summed E-state index contributed by atoms with van der Waals surface area (Å²) in [5.74, 6) is 0.784. The lowest BCUT2D eigenvalue weighted by Gasteiger charge is -2.27. The number of hydrogen-bond acceptors (Lipinski definition) is 3. The monoisotopic (exact) mass is 319 g/mol. The molecule has 122 valence electrons. The number of alkyl halides is 2. The SMILES string of the molecule is FC(F)CCC1CCC(c2nnn3cnc4[nH]ccc4c23)CC1. The Balaban J connectivity index is 1.55. The van der Waals surface area contributed by atoms with Crippen molar-refractivity contribution in [1.82, 2.24) is 24.8 Å². The summed E-state index contributed by atoms with van der Waals surface area (Å²) in [6, 6.07) is 2.00. The van der Waals surface area contributed by atoms with E-state index in [1.54, 1.807) is 10.8 Å². The maximum atomic E-state index is 12.4. The molecule has 4 rings (SSSR count). The lowest BCUT2D eigenvalue weighted by molar-refractivity contribution is 0.122. The second kappa shape index (κ2) is 5.86. The Morgan fingerprint density at radius 3 is 2.87 bits per heavy atom. The molecule has 5 nitrogen and oxygen atoms in total. The molecule has 3 aromatic rings. The van der Waals surface area contributed by atoms with Gasteiger partial charge in [-0.1, -0.05) is 5.21 Å². The number of rotatable bonds is 4. The van der Waals surface area contributed by atoms with Crippen molar-refractivity contribution in [1.29, 1.82) is 0 Å². The van der Waals surface area contributed by atoms with Crippen molar-refractivity contribution in [2.24, 2.45) is 5.92 Å². The van der Waals surface area contributed by atoms with E-state index < -0.39 is 6.43 Å². The number of H-pyrrole nitrogens is 1. The summed E-state index contributed by atoms with van der Waals surface area (Å²) in [6.07, 6.45) is 6.03. The minimum absolute atomic E-state index is 0.0277. The van der Waals surface area contributed by atoms with E-state index in [1.807, 2.05) is 12.3 Å². The molecule has 1 saturated carbocycles. The molecule has 0 atom stereocenters. The Morgan fingerprint density at radius 2 is 2.09 bits per heavy atom. The molecule has 0 aliphatic heterocycles. The van der Waals surface area contributed by atoms with Gasteiger partial charge in [0.15, 0.2) is 0 Å². The van der Waals surface area contributed by atoms with Crippen LogP contribution in [0.1, 0.15) is 50.1 Å². The summed E-state index contributed by atoms with van der Waals surface area (Å²) < 4.78 is 26.4. The molecule has 0 saturated heterocycles. The molecule has 0 unspecified atom stereocenters. The molecule has 0 amide bonds. The molecule has 0 spiro atoms. The first-order valence-electron chi connectivity index (χ1n) is 8.17. The van der Waals surface area contributed by atoms with Crippen molar-refractivity contribution in [3.63, 3.8) is 0 Å². The number of hydrogen-bond donors (Lipinski definition) is 1. The molecule has 3 aromatic heterocycles. The normalized spacial score (nSPS) is 22.4. The van der Waals surface area contributed by atoms with Crippen LogP contribution >= 0.6 is 0 Å². The fourth-order valence-corrected chi connectivity index (χ4v) is 3.78. The van der Waals surface area contributed by atoms with Crippen LogP contribution in [0.4, 0.5) is 8.78 Å². The molecule has 1 aliphatic rings. The van der Waals surface area contributed by atoms with Crippen molar-refractivity contribution < 1.29 is 8.78 Å². The number of aromatic amines is 1.